The van der Waals surface area contributed by atoms with Crippen LogP contribution in [0.5, 0.6) is 0 Å². The number of nitrogens with one attached hydrogen (secondary N) is 2. The third-order valence-electron chi connectivity index (χ3n) is 2.56. The fourth-order valence-electron chi connectivity index (χ4n) is 1.58. The van der Waals surface area contributed by atoms with Crippen molar-refractivity contribution in [2.45, 2.75) is 33.1 Å². The fraction of sp³-hybridized carbons (Fsp3) is 0.429. The second-order valence-corrected chi connectivity index (χ2v) is 4.94. The number of hydrogen-bond donors (Lipinski definition) is 2. The normalized spacial score (nSPS) is 10.4. The zero-order valence-corrected chi connectivity index (χ0v) is 11.5. The third-order valence-corrected chi connectivity index (χ3v) is 2.56. The number of halogens is 2. The molecule has 0 aliphatic rings. The Kier molecular flexibility index (Phi) is 6.09. The van der Waals surface area contributed by atoms with Crippen molar-refractivity contribution in [1.82, 2.24) is 10.9 Å². The number of amides is 2. The Hall–Kier alpha value is -1.98. The molecule has 6 heteroatoms. The van der Waals surface area contributed by atoms with E-state index in [2.05, 4.69) is 10.9 Å². The van der Waals surface area contributed by atoms with Gasteiger partial charge in [0, 0.05) is 12.8 Å². The summed E-state index contributed by atoms with van der Waals surface area (Å²) in [5, 5.41) is 0. The standard InChI is InChI=1S/C14H18F2N2O2/c1-9(2)7-14(20)18-17-13(19)6-4-10-3-5-11(15)12(16)8-10/h3,5,8-9H,4,6-7H2,1-2H3,(H,17,19)(H,18,20). The number of carbonyl (C=O) groups excluding carboxylic acids is 2. The summed E-state index contributed by atoms with van der Waals surface area (Å²) in [6, 6.07) is 3.50. The Morgan fingerprint density at radius 2 is 1.75 bits per heavy atom. The highest BCUT2D eigenvalue weighted by atomic mass is 19.2. The van der Waals surface area contributed by atoms with Gasteiger partial charge >= 0.3 is 0 Å². The second-order valence-electron chi connectivity index (χ2n) is 4.94. The van der Waals surface area contributed by atoms with Crippen LogP contribution in [-0.4, -0.2) is 11.8 Å². The molecule has 0 aromatic heterocycles. The molecule has 0 radical (unpaired) electrons. The highest BCUT2D eigenvalue weighted by molar-refractivity contribution is 5.82. The minimum atomic E-state index is -0.937. The lowest BCUT2D eigenvalue weighted by molar-refractivity contribution is -0.129. The second kappa shape index (κ2) is 7.57. The van der Waals surface area contributed by atoms with Crippen LogP contribution in [-0.2, 0) is 16.0 Å². The lowest BCUT2D eigenvalue weighted by atomic mass is 10.1. The number of hydrogen-bond acceptors (Lipinski definition) is 2. The van der Waals surface area contributed by atoms with E-state index in [1.165, 1.54) is 6.07 Å². The summed E-state index contributed by atoms with van der Waals surface area (Å²) < 4.78 is 25.7. The maximum atomic E-state index is 12.9. The monoisotopic (exact) mass is 284 g/mol. The number of carbonyl (C=O) groups is 2. The molecule has 0 atom stereocenters. The minimum absolute atomic E-state index is 0.0764. The summed E-state index contributed by atoms with van der Waals surface area (Å²) in [6.45, 7) is 3.79. The first-order valence-corrected chi connectivity index (χ1v) is 6.40. The van der Waals surface area contributed by atoms with Gasteiger partial charge in [0.2, 0.25) is 11.8 Å². The molecule has 1 rings (SSSR count). The molecule has 0 saturated carbocycles. The zero-order valence-electron chi connectivity index (χ0n) is 11.5. The van der Waals surface area contributed by atoms with E-state index in [9.17, 15) is 18.4 Å². The number of benzene rings is 1. The van der Waals surface area contributed by atoms with Crippen LogP contribution in [0, 0.1) is 17.6 Å². The van der Waals surface area contributed by atoms with E-state index in [-0.39, 0.29) is 30.6 Å². The molecule has 20 heavy (non-hydrogen) atoms. The van der Waals surface area contributed by atoms with E-state index < -0.39 is 11.6 Å². The van der Waals surface area contributed by atoms with Gasteiger partial charge < -0.3 is 0 Å². The quantitative estimate of drug-likeness (QED) is 0.813. The van der Waals surface area contributed by atoms with E-state index in [1.54, 1.807) is 0 Å². The van der Waals surface area contributed by atoms with Gasteiger partial charge in [0.15, 0.2) is 11.6 Å². The van der Waals surface area contributed by atoms with Crippen LogP contribution in [0.1, 0.15) is 32.3 Å². The van der Waals surface area contributed by atoms with Gasteiger partial charge in [-0.2, -0.15) is 0 Å². The van der Waals surface area contributed by atoms with Gasteiger partial charge in [-0.15, -0.1) is 0 Å². The van der Waals surface area contributed by atoms with Gasteiger partial charge in [0.05, 0.1) is 0 Å². The van der Waals surface area contributed by atoms with E-state index in [1.807, 2.05) is 13.8 Å². The average Bonchev–Trinajstić information content (AvgIpc) is 2.37. The first-order chi connectivity index (χ1) is 9.38. The van der Waals surface area contributed by atoms with Crippen LogP contribution in [0.15, 0.2) is 18.2 Å². The fourth-order valence-corrected chi connectivity index (χ4v) is 1.58. The van der Waals surface area contributed by atoms with Crippen molar-refractivity contribution in [3.63, 3.8) is 0 Å². The van der Waals surface area contributed by atoms with Crippen LogP contribution >= 0.6 is 0 Å². The Morgan fingerprint density at radius 1 is 1.10 bits per heavy atom. The van der Waals surface area contributed by atoms with Gasteiger partial charge in [-0.1, -0.05) is 19.9 Å². The van der Waals surface area contributed by atoms with E-state index in [0.717, 1.165) is 12.1 Å². The summed E-state index contributed by atoms with van der Waals surface area (Å²) >= 11 is 0. The molecule has 4 nitrogen and oxygen atoms in total. The summed E-state index contributed by atoms with van der Waals surface area (Å²) in [5.41, 5.74) is 5.10. The molecule has 0 bridgehead atoms. The summed E-state index contributed by atoms with van der Waals surface area (Å²) in [4.78, 5) is 22.8. The molecule has 0 aliphatic heterocycles. The average molecular weight is 284 g/mol. The van der Waals surface area contributed by atoms with Crippen molar-refractivity contribution >= 4 is 11.8 Å². The molecule has 2 amide bonds. The maximum Gasteiger partial charge on any atom is 0.238 e. The Morgan fingerprint density at radius 3 is 2.35 bits per heavy atom. The van der Waals surface area contributed by atoms with Gasteiger partial charge in [0.25, 0.3) is 0 Å². The lowest BCUT2D eigenvalue weighted by Crippen LogP contribution is -2.42. The van der Waals surface area contributed by atoms with E-state index >= 15 is 0 Å². The van der Waals surface area contributed by atoms with Crippen LogP contribution < -0.4 is 10.9 Å². The largest absolute Gasteiger partial charge is 0.273 e. The molecule has 0 spiro atoms. The third kappa shape index (κ3) is 5.77. The van der Waals surface area contributed by atoms with Crippen LogP contribution in [0.2, 0.25) is 0 Å². The van der Waals surface area contributed by atoms with E-state index in [0.29, 0.717) is 12.0 Å². The van der Waals surface area contributed by atoms with Crippen molar-refractivity contribution < 1.29 is 18.4 Å². The first kappa shape index (κ1) is 16.1. The van der Waals surface area contributed by atoms with Crippen LogP contribution in [0.3, 0.4) is 0 Å². The van der Waals surface area contributed by atoms with Crippen LogP contribution in [0.25, 0.3) is 0 Å². The summed E-state index contributed by atoms with van der Waals surface area (Å²) in [5.74, 6) is -2.30. The van der Waals surface area contributed by atoms with Crippen molar-refractivity contribution in [3.8, 4) is 0 Å². The minimum Gasteiger partial charge on any atom is -0.273 e. The predicted molar refractivity (Wildman–Crippen MR) is 70.4 cm³/mol. The molecule has 1 aromatic carbocycles. The smallest absolute Gasteiger partial charge is 0.238 e. The molecule has 0 unspecified atom stereocenters. The molecule has 110 valence electrons. The van der Waals surface area contributed by atoms with Gasteiger partial charge in [-0.25, -0.2) is 8.78 Å². The Labute approximate surface area is 116 Å². The summed E-state index contributed by atoms with van der Waals surface area (Å²) in [6.07, 6.45) is 0.666. The van der Waals surface area contributed by atoms with Crippen molar-refractivity contribution in [2.75, 3.05) is 0 Å². The molecule has 2 N–H and O–H groups in total. The molecular formula is C14H18F2N2O2. The topological polar surface area (TPSA) is 58.2 Å². The molecule has 0 aliphatic carbocycles. The lowest BCUT2D eigenvalue weighted by Gasteiger charge is -2.08. The summed E-state index contributed by atoms with van der Waals surface area (Å²) in [7, 11) is 0. The van der Waals surface area contributed by atoms with Crippen LogP contribution in [0.4, 0.5) is 8.78 Å². The molecule has 0 saturated heterocycles. The molecule has 0 heterocycles. The number of aryl methyl sites for hydroxylation is 1. The van der Waals surface area contributed by atoms with Gasteiger partial charge in [-0.3, -0.25) is 20.4 Å². The van der Waals surface area contributed by atoms with Gasteiger partial charge in [0.1, 0.15) is 0 Å². The SMILES string of the molecule is CC(C)CC(=O)NNC(=O)CCc1ccc(F)c(F)c1. The zero-order chi connectivity index (χ0) is 15.1. The van der Waals surface area contributed by atoms with E-state index in [4.69, 9.17) is 0 Å². The predicted octanol–water partition coefficient (Wildman–Crippen LogP) is 2.09. The molecule has 0 fully saturated rings. The van der Waals surface area contributed by atoms with Crippen molar-refractivity contribution in [3.05, 3.63) is 35.4 Å². The van der Waals surface area contributed by atoms with Crippen molar-refractivity contribution in [1.29, 1.82) is 0 Å². The van der Waals surface area contributed by atoms with Crippen molar-refractivity contribution in [2.24, 2.45) is 5.92 Å². The Bertz CT molecular complexity index is 490. The molecular weight excluding hydrogens is 266 g/mol. The maximum absolute atomic E-state index is 12.9. The van der Waals surface area contributed by atoms with Gasteiger partial charge in [-0.05, 0) is 30.0 Å². The Balaban J connectivity index is 2.32. The highest BCUT2D eigenvalue weighted by Crippen LogP contribution is 2.10. The number of hydrazine groups is 1. The highest BCUT2D eigenvalue weighted by Gasteiger charge is 2.08. The molecule has 1 aromatic rings. The first-order valence-electron chi connectivity index (χ1n) is 6.40. The number of rotatable bonds is 5.